The first-order chi connectivity index (χ1) is 14.0. The second-order valence-corrected chi connectivity index (χ2v) is 9.83. The monoisotopic (exact) mass is 437 g/mol. The summed E-state index contributed by atoms with van der Waals surface area (Å²) in [5.41, 5.74) is 0.906. The Morgan fingerprint density at radius 3 is 2.72 bits per heavy atom. The molecule has 1 N–H and O–H groups in total. The first-order valence-electron chi connectivity index (χ1n) is 9.74. The smallest absolute Gasteiger partial charge is 0.245 e. The molecule has 1 atom stereocenters. The molecule has 0 unspecified atom stereocenters. The quantitative estimate of drug-likeness (QED) is 0.741. The summed E-state index contributed by atoms with van der Waals surface area (Å²) in [7, 11) is -3.79. The van der Waals surface area contributed by atoms with Crippen molar-refractivity contribution in [1.29, 1.82) is 0 Å². The lowest BCUT2D eigenvalue weighted by molar-refractivity contribution is -0.133. The summed E-state index contributed by atoms with van der Waals surface area (Å²) in [5, 5.41) is 2.69. The van der Waals surface area contributed by atoms with E-state index < -0.39 is 15.9 Å². The van der Waals surface area contributed by atoms with Gasteiger partial charge in [0.1, 0.15) is 15.9 Å². The van der Waals surface area contributed by atoms with Crippen LogP contribution in [0.2, 0.25) is 0 Å². The molecule has 0 radical (unpaired) electrons. The third-order valence-corrected chi connectivity index (χ3v) is 7.93. The van der Waals surface area contributed by atoms with Gasteiger partial charge in [0.15, 0.2) is 0 Å². The number of piperidine rings is 1. The van der Waals surface area contributed by atoms with Crippen molar-refractivity contribution in [3.05, 3.63) is 18.2 Å². The van der Waals surface area contributed by atoms with E-state index >= 15 is 0 Å². The number of carbonyl (C=O) groups is 2. The minimum absolute atomic E-state index is 0.0358. The molecule has 0 aliphatic carbocycles. The predicted molar refractivity (Wildman–Crippen MR) is 108 cm³/mol. The van der Waals surface area contributed by atoms with Crippen LogP contribution in [0.3, 0.4) is 0 Å². The van der Waals surface area contributed by atoms with Gasteiger partial charge in [-0.2, -0.15) is 13.1 Å². The number of hydrogen-bond donors (Lipinski definition) is 1. The van der Waals surface area contributed by atoms with E-state index in [2.05, 4.69) is 14.1 Å². The van der Waals surface area contributed by atoms with Crippen LogP contribution in [0.4, 0.5) is 0 Å². The normalized spacial score (nSPS) is 20.8. The molecule has 2 amide bonds. The van der Waals surface area contributed by atoms with Gasteiger partial charge < -0.3 is 10.2 Å². The lowest BCUT2D eigenvalue weighted by atomic mass is 9.99. The van der Waals surface area contributed by atoms with E-state index in [9.17, 15) is 18.0 Å². The Balaban J connectivity index is 1.43. The standard InChI is InChI=1S/C18H23N5O4S2/c24-16(22-8-1-2-9-22)11-19-18(25)13-5-4-10-23(12-13)29(26,27)15-7-3-6-14-17(15)21-28-20-14/h3,6-7,13H,1-2,4-5,8-12H2,(H,19,25)/t13-/m1/s1. The molecule has 1 aromatic carbocycles. The van der Waals surface area contributed by atoms with Crippen LogP contribution in [0.15, 0.2) is 23.1 Å². The van der Waals surface area contributed by atoms with Crippen molar-refractivity contribution in [2.75, 3.05) is 32.7 Å². The van der Waals surface area contributed by atoms with E-state index in [0.717, 1.165) is 37.7 Å². The summed E-state index contributed by atoms with van der Waals surface area (Å²) in [5.74, 6) is -0.831. The fourth-order valence-electron chi connectivity index (χ4n) is 3.89. The van der Waals surface area contributed by atoms with Gasteiger partial charge >= 0.3 is 0 Å². The van der Waals surface area contributed by atoms with Crippen molar-refractivity contribution in [1.82, 2.24) is 23.3 Å². The molecule has 11 heteroatoms. The van der Waals surface area contributed by atoms with Crippen LogP contribution in [0, 0.1) is 5.92 Å². The minimum atomic E-state index is -3.79. The Labute approximate surface area is 173 Å². The first-order valence-corrected chi connectivity index (χ1v) is 11.9. The number of sulfonamides is 1. The van der Waals surface area contributed by atoms with Gasteiger partial charge in [0.2, 0.25) is 21.8 Å². The number of nitrogens with zero attached hydrogens (tertiary/aromatic N) is 4. The number of benzene rings is 1. The molecule has 2 aliphatic rings. The second kappa shape index (κ2) is 8.33. The molecule has 2 aromatic rings. The summed E-state index contributed by atoms with van der Waals surface area (Å²) >= 11 is 0.972. The van der Waals surface area contributed by atoms with Gasteiger partial charge in [-0.15, -0.1) is 0 Å². The van der Waals surface area contributed by atoms with Gasteiger partial charge in [-0.05, 0) is 37.8 Å². The average Bonchev–Trinajstić information content (AvgIpc) is 3.43. The molecule has 0 bridgehead atoms. The molecule has 4 rings (SSSR count). The topological polar surface area (TPSA) is 113 Å². The largest absolute Gasteiger partial charge is 0.347 e. The molecule has 2 fully saturated rings. The van der Waals surface area contributed by atoms with Crippen molar-refractivity contribution in [2.24, 2.45) is 5.92 Å². The van der Waals surface area contributed by atoms with Crippen molar-refractivity contribution in [3.63, 3.8) is 0 Å². The molecule has 156 valence electrons. The zero-order valence-corrected chi connectivity index (χ0v) is 17.5. The van der Waals surface area contributed by atoms with Crippen LogP contribution in [0.1, 0.15) is 25.7 Å². The van der Waals surface area contributed by atoms with Crippen LogP contribution in [0.5, 0.6) is 0 Å². The number of likely N-dealkylation sites (tertiary alicyclic amines) is 1. The zero-order chi connectivity index (χ0) is 20.4. The van der Waals surface area contributed by atoms with E-state index in [4.69, 9.17) is 0 Å². The molecule has 0 spiro atoms. The lowest BCUT2D eigenvalue weighted by Gasteiger charge is -2.31. The summed E-state index contributed by atoms with van der Waals surface area (Å²) < 4.78 is 35.9. The summed E-state index contributed by atoms with van der Waals surface area (Å²) in [6.45, 7) is 1.89. The molecule has 3 heterocycles. The van der Waals surface area contributed by atoms with Gasteiger partial charge in [-0.1, -0.05) is 6.07 Å². The van der Waals surface area contributed by atoms with Crippen LogP contribution >= 0.6 is 11.7 Å². The van der Waals surface area contributed by atoms with Crippen LogP contribution in [0.25, 0.3) is 11.0 Å². The summed E-state index contributed by atoms with van der Waals surface area (Å²) in [6.07, 6.45) is 3.17. The van der Waals surface area contributed by atoms with Crippen molar-refractivity contribution in [2.45, 2.75) is 30.6 Å². The van der Waals surface area contributed by atoms with Crippen LogP contribution in [-0.4, -0.2) is 70.9 Å². The Bertz CT molecular complexity index is 1020. The highest BCUT2D eigenvalue weighted by molar-refractivity contribution is 7.89. The fraction of sp³-hybridized carbons (Fsp3) is 0.556. The fourth-order valence-corrected chi connectivity index (χ4v) is 6.17. The van der Waals surface area contributed by atoms with Crippen LogP contribution in [-0.2, 0) is 19.6 Å². The number of nitrogens with one attached hydrogen (secondary N) is 1. The summed E-state index contributed by atoms with van der Waals surface area (Å²) in [6, 6.07) is 4.90. The third-order valence-electron chi connectivity index (χ3n) is 5.49. The molecule has 0 saturated carbocycles. The molecular formula is C18H23N5O4S2. The molecule has 1 aromatic heterocycles. The maximum atomic E-state index is 13.2. The van der Waals surface area contributed by atoms with Crippen molar-refractivity contribution in [3.8, 4) is 0 Å². The van der Waals surface area contributed by atoms with Crippen molar-refractivity contribution >= 4 is 44.6 Å². The third kappa shape index (κ3) is 4.12. The number of carbonyl (C=O) groups excluding carboxylic acids is 2. The van der Waals surface area contributed by atoms with E-state index in [1.807, 2.05) is 0 Å². The lowest BCUT2D eigenvalue weighted by Crippen LogP contribution is -2.47. The van der Waals surface area contributed by atoms with Gasteiger partial charge in [0.05, 0.1) is 24.2 Å². The maximum absolute atomic E-state index is 13.2. The number of aromatic nitrogens is 2. The van der Waals surface area contributed by atoms with E-state index in [1.165, 1.54) is 10.4 Å². The Kier molecular flexibility index (Phi) is 5.79. The first kappa shape index (κ1) is 20.2. The van der Waals surface area contributed by atoms with Crippen molar-refractivity contribution < 1.29 is 18.0 Å². The molecule has 2 saturated heterocycles. The molecule has 29 heavy (non-hydrogen) atoms. The van der Waals surface area contributed by atoms with Gasteiger partial charge in [-0.3, -0.25) is 9.59 Å². The predicted octanol–water partition coefficient (Wildman–Crippen LogP) is 0.831. The highest BCUT2D eigenvalue weighted by Crippen LogP contribution is 2.28. The maximum Gasteiger partial charge on any atom is 0.245 e. The SMILES string of the molecule is O=C(NCC(=O)N1CCCC1)[C@@H]1CCCN(S(=O)(=O)c2cccc3nsnc23)C1. The highest BCUT2D eigenvalue weighted by atomic mass is 32.2. The minimum Gasteiger partial charge on any atom is -0.347 e. The molecular weight excluding hydrogens is 414 g/mol. The van der Waals surface area contributed by atoms with E-state index in [0.29, 0.717) is 30.4 Å². The zero-order valence-electron chi connectivity index (χ0n) is 15.9. The van der Waals surface area contributed by atoms with Gasteiger partial charge in [0.25, 0.3) is 0 Å². The molecule has 2 aliphatic heterocycles. The Morgan fingerprint density at radius 2 is 1.93 bits per heavy atom. The van der Waals surface area contributed by atoms with E-state index in [1.54, 1.807) is 17.0 Å². The Hall–Kier alpha value is -2.11. The number of amides is 2. The van der Waals surface area contributed by atoms with Gasteiger partial charge in [0, 0.05) is 26.2 Å². The molecule has 9 nitrogen and oxygen atoms in total. The van der Waals surface area contributed by atoms with Crippen LogP contribution < -0.4 is 5.32 Å². The summed E-state index contributed by atoms with van der Waals surface area (Å²) in [4.78, 5) is 26.6. The second-order valence-electron chi connectivity index (χ2n) is 7.40. The number of fused-ring (bicyclic) bond motifs is 1. The highest BCUT2D eigenvalue weighted by Gasteiger charge is 2.35. The van der Waals surface area contributed by atoms with E-state index in [-0.39, 0.29) is 29.8 Å². The Morgan fingerprint density at radius 1 is 1.14 bits per heavy atom. The number of hydrogen-bond acceptors (Lipinski definition) is 7. The van der Waals surface area contributed by atoms with Gasteiger partial charge in [-0.25, -0.2) is 8.42 Å². The number of rotatable bonds is 5. The average molecular weight is 438 g/mol.